The summed E-state index contributed by atoms with van der Waals surface area (Å²) in [5, 5.41) is 3.54. The number of pyridine rings is 1. The highest BCUT2D eigenvalue weighted by Crippen LogP contribution is 2.32. The molecule has 0 saturated carbocycles. The number of hydrogen-bond acceptors (Lipinski definition) is 7. The summed E-state index contributed by atoms with van der Waals surface area (Å²) < 4.78 is 36.0. The van der Waals surface area contributed by atoms with Gasteiger partial charge in [-0.25, -0.2) is 14.2 Å². The molecule has 2 aromatic heterocycles. The third kappa shape index (κ3) is 5.58. The van der Waals surface area contributed by atoms with Gasteiger partial charge in [0.05, 0.1) is 0 Å². The molecule has 35 heavy (non-hydrogen) atoms. The van der Waals surface area contributed by atoms with E-state index in [9.17, 15) is 4.79 Å². The van der Waals surface area contributed by atoms with Gasteiger partial charge >= 0.3 is 5.76 Å². The first-order chi connectivity index (χ1) is 17.0. The first kappa shape index (κ1) is 24.2. The first-order valence-corrected chi connectivity index (χ1v) is 11.2. The van der Waals surface area contributed by atoms with Gasteiger partial charge in [0.2, 0.25) is 0 Å². The van der Waals surface area contributed by atoms with E-state index in [1.54, 1.807) is 20.1 Å². The second kappa shape index (κ2) is 11.0. The number of benzene rings is 2. The van der Waals surface area contributed by atoms with Gasteiger partial charge in [-0.1, -0.05) is 42.4 Å². The van der Waals surface area contributed by atoms with Gasteiger partial charge in [0.15, 0.2) is 24.2 Å². The lowest BCUT2D eigenvalue weighted by Crippen LogP contribution is -2.08. The maximum Gasteiger partial charge on any atom is 0.439 e. The second-order valence-corrected chi connectivity index (χ2v) is 7.88. The van der Waals surface area contributed by atoms with Gasteiger partial charge in [0, 0.05) is 24.8 Å². The lowest BCUT2D eigenvalue weighted by molar-refractivity contribution is 0.0513. The molecule has 1 N–H and O–H groups in total. The summed E-state index contributed by atoms with van der Waals surface area (Å²) in [5.41, 5.74) is 4.65. The summed E-state index contributed by atoms with van der Waals surface area (Å²) in [7, 11) is 1.56. The summed E-state index contributed by atoms with van der Waals surface area (Å²) in [5.74, 6) is -0.275. The molecule has 2 heterocycles. The van der Waals surface area contributed by atoms with Crippen molar-refractivity contribution in [1.82, 2.24) is 15.1 Å². The van der Waals surface area contributed by atoms with E-state index in [-0.39, 0.29) is 25.0 Å². The van der Waals surface area contributed by atoms with Crippen molar-refractivity contribution in [3.8, 4) is 22.8 Å². The van der Waals surface area contributed by atoms with Gasteiger partial charge in [-0.2, -0.15) is 0 Å². The zero-order chi connectivity index (χ0) is 24.8. The average molecular weight is 480 g/mol. The van der Waals surface area contributed by atoms with Crippen LogP contribution in [0.4, 0.5) is 4.39 Å². The third-order valence-electron chi connectivity index (χ3n) is 5.57. The Morgan fingerprint density at radius 1 is 1.09 bits per heavy atom. The molecular weight excluding hydrogens is 453 g/mol. The number of hydrogen-bond donors (Lipinski definition) is 1. The highest BCUT2D eigenvalue weighted by Gasteiger charge is 2.18. The zero-order valence-corrected chi connectivity index (χ0v) is 19.8. The number of aryl methyl sites for hydroxylation is 1. The second-order valence-electron chi connectivity index (χ2n) is 7.88. The van der Waals surface area contributed by atoms with Crippen LogP contribution in [0, 0.1) is 12.7 Å². The Morgan fingerprint density at radius 2 is 1.89 bits per heavy atom. The molecule has 0 atom stereocenters. The van der Waals surface area contributed by atoms with Gasteiger partial charge in [0.1, 0.15) is 18.1 Å². The van der Waals surface area contributed by atoms with E-state index < -0.39 is 11.6 Å². The van der Waals surface area contributed by atoms with Crippen LogP contribution in [0.25, 0.3) is 11.3 Å². The molecule has 0 unspecified atom stereocenters. The number of aromatic amines is 1. The molecular formula is C26H26FN3O5. The van der Waals surface area contributed by atoms with E-state index in [1.807, 2.05) is 49.4 Å². The monoisotopic (exact) mass is 479 g/mol. The molecule has 0 aliphatic rings. The number of nitrogens with zero attached hydrogens (tertiary/aromatic N) is 2. The number of halogens is 1. The number of rotatable bonds is 10. The first-order valence-electron chi connectivity index (χ1n) is 11.2. The van der Waals surface area contributed by atoms with Crippen molar-refractivity contribution in [2.75, 3.05) is 13.9 Å². The number of H-pyrrole nitrogens is 1. The van der Waals surface area contributed by atoms with Crippen molar-refractivity contribution in [2.45, 2.75) is 33.3 Å². The molecule has 0 spiro atoms. The quantitative estimate of drug-likeness (QED) is 0.332. The molecule has 0 amide bonds. The van der Waals surface area contributed by atoms with Gasteiger partial charge in [-0.3, -0.25) is 9.51 Å². The van der Waals surface area contributed by atoms with Crippen molar-refractivity contribution in [2.24, 2.45) is 0 Å². The maximum atomic E-state index is 15.2. The molecule has 0 radical (unpaired) electrons. The van der Waals surface area contributed by atoms with E-state index >= 15 is 4.39 Å². The number of methoxy groups -OCH3 is 1. The smallest absolute Gasteiger partial charge is 0.439 e. The van der Waals surface area contributed by atoms with Gasteiger partial charge in [0.25, 0.3) is 0 Å². The Bertz CT molecular complexity index is 1350. The molecule has 4 rings (SSSR count). The van der Waals surface area contributed by atoms with Gasteiger partial charge < -0.3 is 14.2 Å². The Morgan fingerprint density at radius 3 is 2.57 bits per heavy atom. The van der Waals surface area contributed by atoms with Crippen LogP contribution in [-0.4, -0.2) is 29.0 Å². The SMILES string of the molecule is CCc1cc(OCc2noc(=O)[nH]2)c(F)c(C)c1Cc1ccc(OCOC)c(-c2ccccc2)n1. The van der Waals surface area contributed by atoms with Crippen molar-refractivity contribution >= 4 is 0 Å². The summed E-state index contributed by atoms with van der Waals surface area (Å²) in [6.45, 7) is 3.72. The predicted molar refractivity (Wildman–Crippen MR) is 127 cm³/mol. The van der Waals surface area contributed by atoms with Crippen molar-refractivity contribution in [1.29, 1.82) is 0 Å². The largest absolute Gasteiger partial charge is 0.482 e. The zero-order valence-electron chi connectivity index (χ0n) is 19.8. The lowest BCUT2D eigenvalue weighted by atomic mass is 9.94. The molecule has 2 aromatic carbocycles. The Hall–Kier alpha value is -3.98. The minimum absolute atomic E-state index is 0.0909. The maximum absolute atomic E-state index is 15.2. The van der Waals surface area contributed by atoms with Gasteiger partial charge in [-0.15, -0.1) is 0 Å². The summed E-state index contributed by atoms with van der Waals surface area (Å²) in [6.07, 6.45) is 1.11. The average Bonchev–Trinajstić information content (AvgIpc) is 3.31. The van der Waals surface area contributed by atoms with E-state index in [0.29, 0.717) is 29.8 Å². The predicted octanol–water partition coefficient (Wildman–Crippen LogP) is 4.59. The standard InChI is InChI=1S/C26H26FN3O5/c1-4-17-12-22(33-14-23-29-26(31)35-30-23)24(27)16(2)20(17)13-19-10-11-21(34-15-32-3)25(28-19)18-8-6-5-7-9-18/h5-12H,4,13-15H2,1-3H3,(H,29,30,31). The van der Waals surface area contributed by atoms with Crippen LogP contribution >= 0.6 is 0 Å². The summed E-state index contributed by atoms with van der Waals surface area (Å²) in [6, 6.07) is 15.1. The minimum Gasteiger partial charge on any atom is -0.482 e. The number of aromatic nitrogens is 3. The highest BCUT2D eigenvalue weighted by molar-refractivity contribution is 5.66. The Kier molecular flexibility index (Phi) is 7.57. The van der Waals surface area contributed by atoms with Crippen LogP contribution in [0.2, 0.25) is 0 Å². The van der Waals surface area contributed by atoms with Crippen LogP contribution in [-0.2, 0) is 24.2 Å². The van der Waals surface area contributed by atoms with Gasteiger partial charge in [-0.05, 0) is 48.2 Å². The fourth-order valence-electron chi connectivity index (χ4n) is 3.81. The molecule has 0 bridgehead atoms. The van der Waals surface area contributed by atoms with Crippen LogP contribution in [0.3, 0.4) is 0 Å². The number of ether oxygens (including phenoxy) is 3. The van der Waals surface area contributed by atoms with E-state index in [4.69, 9.17) is 19.2 Å². The van der Waals surface area contributed by atoms with E-state index in [2.05, 4.69) is 14.7 Å². The molecule has 0 aliphatic heterocycles. The normalized spacial score (nSPS) is 11.0. The molecule has 0 aliphatic carbocycles. The van der Waals surface area contributed by atoms with Crippen molar-refractivity contribution in [3.63, 3.8) is 0 Å². The molecule has 182 valence electrons. The fraction of sp³-hybridized carbons (Fsp3) is 0.269. The fourth-order valence-corrected chi connectivity index (χ4v) is 3.81. The molecule has 0 fully saturated rings. The van der Waals surface area contributed by atoms with Crippen LogP contribution < -0.4 is 15.2 Å². The third-order valence-corrected chi connectivity index (χ3v) is 5.57. The summed E-state index contributed by atoms with van der Waals surface area (Å²) in [4.78, 5) is 18.3. The molecule has 9 heteroatoms. The highest BCUT2D eigenvalue weighted by atomic mass is 19.1. The number of nitrogens with one attached hydrogen (secondary N) is 1. The molecule has 4 aromatic rings. The van der Waals surface area contributed by atoms with Crippen molar-refractivity contribution < 1.29 is 23.1 Å². The van der Waals surface area contributed by atoms with E-state index in [1.165, 1.54) is 0 Å². The Labute approximate surface area is 201 Å². The summed E-state index contributed by atoms with van der Waals surface area (Å²) >= 11 is 0. The topological polar surface area (TPSA) is 99.5 Å². The van der Waals surface area contributed by atoms with Crippen LogP contribution in [0.15, 0.2) is 57.8 Å². The van der Waals surface area contributed by atoms with Crippen molar-refractivity contribution in [3.05, 3.63) is 93.1 Å². The van der Waals surface area contributed by atoms with Crippen LogP contribution in [0.5, 0.6) is 11.5 Å². The minimum atomic E-state index is -0.689. The Balaban J connectivity index is 1.65. The van der Waals surface area contributed by atoms with Crippen LogP contribution in [0.1, 0.15) is 35.1 Å². The molecule has 0 saturated heterocycles. The molecule has 8 nitrogen and oxygen atoms in total. The lowest BCUT2D eigenvalue weighted by Gasteiger charge is -2.17. The van der Waals surface area contributed by atoms with E-state index in [0.717, 1.165) is 22.4 Å².